The van der Waals surface area contributed by atoms with Crippen molar-refractivity contribution in [2.45, 2.75) is 103 Å². The molecule has 0 saturated heterocycles. The van der Waals surface area contributed by atoms with Crippen LogP contribution in [0.25, 0.3) is 0 Å². The predicted octanol–water partition coefficient (Wildman–Crippen LogP) is 4.94. The van der Waals surface area contributed by atoms with E-state index >= 15 is 0 Å². The van der Waals surface area contributed by atoms with E-state index in [9.17, 15) is 9.59 Å². The fourth-order valence-electron chi connectivity index (χ4n) is 9.25. The van der Waals surface area contributed by atoms with E-state index in [0.29, 0.717) is 17.8 Å². The first-order valence-electron chi connectivity index (χ1n) is 13.2. The summed E-state index contributed by atoms with van der Waals surface area (Å²) < 4.78 is 5.59. The molecule has 0 N–H and O–H groups in total. The van der Waals surface area contributed by atoms with Crippen molar-refractivity contribution in [2.24, 2.45) is 28.6 Å². The Hall–Kier alpha value is -1.78. The molecule has 3 heterocycles. The van der Waals surface area contributed by atoms with Gasteiger partial charge in [-0.15, -0.1) is 0 Å². The largest absolute Gasteiger partial charge is 0.348 e. The molecular weight excluding hydrogens is 398 g/mol. The number of hydrogen-bond acceptors (Lipinski definition) is 2. The van der Waals surface area contributed by atoms with Gasteiger partial charge in [-0.3, -0.25) is 0 Å². The first-order chi connectivity index (χ1) is 15.3. The highest BCUT2D eigenvalue weighted by Gasteiger charge is 2.64. The molecular formula is C27H37N3O2. The van der Waals surface area contributed by atoms with Crippen LogP contribution in [-0.2, 0) is 5.54 Å². The van der Waals surface area contributed by atoms with Gasteiger partial charge in [0.25, 0.3) is 0 Å². The normalized spacial score (nSPS) is 45.2. The van der Waals surface area contributed by atoms with Gasteiger partial charge >= 0.3 is 11.4 Å². The van der Waals surface area contributed by atoms with E-state index < -0.39 is 0 Å². The number of hydrogen-bond donors (Lipinski definition) is 0. The van der Waals surface area contributed by atoms with Crippen LogP contribution in [0.15, 0.2) is 33.4 Å². The molecule has 4 bridgehead atoms. The quantitative estimate of drug-likeness (QED) is 0.587. The third kappa shape index (κ3) is 2.00. The summed E-state index contributed by atoms with van der Waals surface area (Å²) in [5, 5.41) is 0. The molecule has 1 aromatic rings. The third-order valence-corrected chi connectivity index (χ3v) is 11.5. The zero-order chi connectivity index (χ0) is 22.0. The molecule has 32 heavy (non-hydrogen) atoms. The monoisotopic (exact) mass is 435 g/mol. The van der Waals surface area contributed by atoms with E-state index in [4.69, 9.17) is 0 Å². The Labute approximate surface area is 190 Å². The number of allylic oxidation sites excluding steroid dienone is 4. The Kier molecular flexibility index (Phi) is 3.69. The highest BCUT2D eigenvalue weighted by Crippen LogP contribution is 2.69. The summed E-state index contributed by atoms with van der Waals surface area (Å²) >= 11 is 0. The molecule has 0 radical (unpaired) electrons. The van der Waals surface area contributed by atoms with E-state index in [1.807, 2.05) is 9.36 Å². The molecule has 0 aromatic carbocycles. The Morgan fingerprint density at radius 2 is 1.75 bits per heavy atom. The van der Waals surface area contributed by atoms with Crippen LogP contribution in [0.4, 0.5) is 0 Å². The summed E-state index contributed by atoms with van der Waals surface area (Å²) in [7, 11) is 0. The lowest BCUT2D eigenvalue weighted by Crippen LogP contribution is -2.62. The van der Waals surface area contributed by atoms with Gasteiger partial charge in [0.1, 0.15) is 0 Å². The summed E-state index contributed by atoms with van der Waals surface area (Å²) in [5.74, 6) is 1.40. The van der Waals surface area contributed by atoms with Crippen LogP contribution >= 0.6 is 0 Å². The van der Waals surface area contributed by atoms with Crippen molar-refractivity contribution in [3.63, 3.8) is 0 Å². The van der Waals surface area contributed by atoms with Crippen LogP contribution in [0, 0.1) is 28.6 Å². The van der Waals surface area contributed by atoms with Crippen molar-refractivity contribution in [3.8, 4) is 0 Å². The van der Waals surface area contributed by atoms with E-state index in [0.717, 1.165) is 25.7 Å². The van der Waals surface area contributed by atoms with Gasteiger partial charge < -0.3 is 0 Å². The van der Waals surface area contributed by atoms with Crippen molar-refractivity contribution in [1.29, 1.82) is 0 Å². The van der Waals surface area contributed by atoms with Gasteiger partial charge in [-0.05, 0) is 55.3 Å². The molecule has 7 atom stereocenters. The molecule has 3 fully saturated rings. The van der Waals surface area contributed by atoms with Gasteiger partial charge in [-0.1, -0.05) is 70.3 Å². The van der Waals surface area contributed by atoms with Gasteiger partial charge in [0, 0.05) is 17.9 Å². The maximum absolute atomic E-state index is 14.2. The summed E-state index contributed by atoms with van der Waals surface area (Å²) in [6, 6.07) is 0.0386. The molecule has 2 aliphatic heterocycles. The highest BCUT2D eigenvalue weighted by molar-refractivity contribution is 5.38. The van der Waals surface area contributed by atoms with Crippen LogP contribution in [0.2, 0.25) is 0 Å². The van der Waals surface area contributed by atoms with Crippen LogP contribution in [-0.4, -0.2) is 13.9 Å². The van der Waals surface area contributed by atoms with Crippen LogP contribution in [0.5, 0.6) is 0 Å². The van der Waals surface area contributed by atoms with E-state index in [1.54, 1.807) is 10.1 Å². The summed E-state index contributed by atoms with van der Waals surface area (Å²) in [5.41, 5.74) is 1.34. The molecule has 7 aliphatic rings. The van der Waals surface area contributed by atoms with Gasteiger partial charge in [-0.25, -0.2) is 23.5 Å². The van der Waals surface area contributed by atoms with Crippen LogP contribution in [0.3, 0.4) is 0 Å². The fourth-order valence-corrected chi connectivity index (χ4v) is 9.25. The van der Waals surface area contributed by atoms with Gasteiger partial charge in [0.05, 0.1) is 11.6 Å². The van der Waals surface area contributed by atoms with Crippen molar-refractivity contribution in [2.75, 3.05) is 0 Å². The molecule has 1 spiro atoms. The zero-order valence-electron chi connectivity index (χ0n) is 19.8. The van der Waals surface area contributed by atoms with E-state index in [-0.39, 0.29) is 39.8 Å². The lowest BCUT2D eigenvalue weighted by atomic mass is 9.55. The van der Waals surface area contributed by atoms with E-state index in [1.165, 1.54) is 38.5 Å². The SMILES string of the molecule is CC1(C)[C@H]2CC[C@@]1(C)[C@H](n1c(=O)n3n(c1=O)[C@@]14C=C[C@H]3[C@@H]3C=C(CCCCCCC1)[C@H]34)C2. The Bertz CT molecular complexity index is 1180. The lowest BCUT2D eigenvalue weighted by molar-refractivity contribution is 0.0306. The molecule has 0 unspecified atom stereocenters. The molecule has 5 heteroatoms. The van der Waals surface area contributed by atoms with Crippen molar-refractivity contribution >= 4 is 0 Å². The topological polar surface area (TPSA) is 48.9 Å². The average molecular weight is 436 g/mol. The minimum atomic E-state index is -0.337. The van der Waals surface area contributed by atoms with Crippen LogP contribution < -0.4 is 11.4 Å². The molecule has 0 amide bonds. The second-order valence-electron chi connectivity index (χ2n) is 12.6. The average Bonchev–Trinajstić information content (AvgIpc) is 3.22. The second-order valence-corrected chi connectivity index (χ2v) is 12.6. The van der Waals surface area contributed by atoms with Crippen molar-refractivity contribution in [1.82, 2.24) is 13.9 Å². The summed E-state index contributed by atoms with van der Waals surface area (Å²) in [6.07, 6.45) is 18.8. The molecule has 5 nitrogen and oxygen atoms in total. The minimum Gasteiger partial charge on any atom is -0.246 e. The number of aromatic nitrogens is 3. The highest BCUT2D eigenvalue weighted by atomic mass is 16.2. The van der Waals surface area contributed by atoms with Crippen molar-refractivity contribution < 1.29 is 0 Å². The zero-order valence-corrected chi connectivity index (χ0v) is 19.8. The maximum Gasteiger partial charge on any atom is 0.348 e. The fraction of sp³-hybridized carbons (Fsp3) is 0.778. The predicted molar refractivity (Wildman–Crippen MR) is 125 cm³/mol. The molecule has 5 aliphatic carbocycles. The summed E-state index contributed by atoms with van der Waals surface area (Å²) in [4.78, 5) is 28.2. The Balaban J connectivity index is 1.42. The Morgan fingerprint density at radius 3 is 2.50 bits per heavy atom. The number of fused-ring (bicyclic) bond motifs is 2. The molecule has 172 valence electrons. The first-order valence-corrected chi connectivity index (χ1v) is 13.2. The third-order valence-electron chi connectivity index (χ3n) is 11.5. The minimum absolute atomic E-state index is 0.00872. The van der Waals surface area contributed by atoms with Gasteiger partial charge in [0.15, 0.2) is 0 Å². The van der Waals surface area contributed by atoms with E-state index in [2.05, 4.69) is 39.0 Å². The number of nitrogens with zero attached hydrogens (tertiary/aromatic N) is 3. The maximum atomic E-state index is 14.2. The van der Waals surface area contributed by atoms with Crippen molar-refractivity contribution in [3.05, 3.63) is 44.8 Å². The lowest BCUT2D eigenvalue weighted by Gasteiger charge is -2.58. The van der Waals surface area contributed by atoms with Gasteiger partial charge in [-0.2, -0.15) is 0 Å². The first kappa shape index (κ1) is 19.7. The smallest absolute Gasteiger partial charge is 0.246 e. The second kappa shape index (κ2) is 6.01. The van der Waals surface area contributed by atoms with Gasteiger partial charge in [0.2, 0.25) is 0 Å². The Morgan fingerprint density at radius 1 is 0.969 bits per heavy atom. The van der Waals surface area contributed by atoms with Crippen LogP contribution in [0.1, 0.15) is 97.1 Å². The number of rotatable bonds is 1. The molecule has 8 rings (SSSR count). The molecule has 1 aromatic heterocycles. The molecule has 3 saturated carbocycles. The summed E-state index contributed by atoms with van der Waals surface area (Å²) in [6.45, 7) is 7.08. The standard InChI is InChI=1S/C27H37N3O2/c1-25(2)18-10-13-26(25,3)21(16-18)28-23(31)29-20-11-14-27(30(29)24(28)32)12-8-6-4-5-7-9-17-15-19(20)22(17)27/h11,14-15,18-22H,4-10,12-13,16H2,1-3H3/t18-,19-,20-,21+,22+,26-,27+/m0/s1.